The van der Waals surface area contributed by atoms with E-state index in [9.17, 15) is 14.0 Å². The molecule has 0 radical (unpaired) electrons. The van der Waals surface area contributed by atoms with Crippen LogP contribution in [0.5, 0.6) is 0 Å². The first-order chi connectivity index (χ1) is 11.0. The molecule has 1 amide bonds. The van der Waals surface area contributed by atoms with E-state index in [1.807, 2.05) is 0 Å². The molecule has 3 rings (SSSR count). The van der Waals surface area contributed by atoms with Crippen LogP contribution in [0.4, 0.5) is 10.2 Å². The summed E-state index contributed by atoms with van der Waals surface area (Å²) in [5, 5.41) is -0.0756. The molecular formula is C14H13ClFN5O2. The van der Waals surface area contributed by atoms with Crippen LogP contribution in [0.2, 0.25) is 5.02 Å². The van der Waals surface area contributed by atoms with Gasteiger partial charge in [-0.05, 0) is 12.5 Å². The van der Waals surface area contributed by atoms with Crippen molar-refractivity contribution in [2.75, 3.05) is 18.0 Å². The van der Waals surface area contributed by atoms with Crippen LogP contribution in [0, 0.1) is 11.9 Å². The van der Waals surface area contributed by atoms with Crippen LogP contribution in [-0.4, -0.2) is 33.9 Å². The van der Waals surface area contributed by atoms with Gasteiger partial charge in [0.15, 0.2) is 5.82 Å². The molecule has 1 saturated heterocycles. The fourth-order valence-corrected chi connectivity index (χ4v) is 2.74. The normalized spacial score (nSPS) is 17.5. The summed E-state index contributed by atoms with van der Waals surface area (Å²) < 4.78 is 13.3. The van der Waals surface area contributed by atoms with Gasteiger partial charge in [0.2, 0.25) is 11.9 Å². The lowest BCUT2D eigenvalue weighted by Gasteiger charge is -2.18. The van der Waals surface area contributed by atoms with Gasteiger partial charge in [0.25, 0.3) is 5.56 Å². The predicted octanol–water partition coefficient (Wildman–Crippen LogP) is 0.936. The minimum absolute atomic E-state index is 0.0756. The number of amides is 1. The lowest BCUT2D eigenvalue weighted by molar-refractivity contribution is -0.121. The molecule has 23 heavy (non-hydrogen) atoms. The van der Waals surface area contributed by atoms with Gasteiger partial charge in [-0.2, -0.15) is 4.39 Å². The van der Waals surface area contributed by atoms with Crippen LogP contribution >= 0.6 is 11.6 Å². The van der Waals surface area contributed by atoms with Crippen LogP contribution in [0.1, 0.15) is 6.42 Å². The van der Waals surface area contributed by atoms with Crippen molar-refractivity contribution in [1.82, 2.24) is 15.0 Å². The van der Waals surface area contributed by atoms with Crippen molar-refractivity contribution in [3.8, 4) is 11.4 Å². The summed E-state index contributed by atoms with van der Waals surface area (Å²) in [6, 6.07) is 2.68. The number of primary amides is 1. The van der Waals surface area contributed by atoms with Crippen LogP contribution in [0.15, 0.2) is 23.1 Å². The number of carbonyl (C=O) groups is 1. The van der Waals surface area contributed by atoms with Crippen LogP contribution in [0.3, 0.4) is 0 Å². The number of pyridine rings is 1. The highest BCUT2D eigenvalue weighted by Gasteiger charge is 2.29. The number of aromatic nitrogens is 3. The molecule has 3 N–H and O–H groups in total. The summed E-state index contributed by atoms with van der Waals surface area (Å²) in [6.07, 6.45) is 1.84. The van der Waals surface area contributed by atoms with Gasteiger partial charge in [-0.15, -0.1) is 0 Å². The van der Waals surface area contributed by atoms with Crippen molar-refractivity contribution < 1.29 is 9.18 Å². The van der Waals surface area contributed by atoms with E-state index in [4.69, 9.17) is 17.3 Å². The Kier molecular flexibility index (Phi) is 3.99. The van der Waals surface area contributed by atoms with Crippen LogP contribution in [0.25, 0.3) is 11.4 Å². The highest BCUT2D eigenvalue weighted by molar-refractivity contribution is 6.32. The van der Waals surface area contributed by atoms with Gasteiger partial charge in [0.1, 0.15) is 10.8 Å². The zero-order chi connectivity index (χ0) is 16.6. The predicted molar refractivity (Wildman–Crippen MR) is 82.6 cm³/mol. The number of hydrogen-bond donors (Lipinski definition) is 2. The van der Waals surface area contributed by atoms with Crippen molar-refractivity contribution in [2.45, 2.75) is 6.42 Å². The highest BCUT2D eigenvalue weighted by Crippen LogP contribution is 2.28. The maximum Gasteiger partial charge on any atom is 0.272 e. The van der Waals surface area contributed by atoms with Crippen LogP contribution in [-0.2, 0) is 4.79 Å². The van der Waals surface area contributed by atoms with Gasteiger partial charge >= 0.3 is 0 Å². The number of aromatic amines is 1. The first-order valence-electron chi connectivity index (χ1n) is 6.91. The maximum absolute atomic E-state index is 13.3. The molecule has 3 heterocycles. The summed E-state index contributed by atoms with van der Waals surface area (Å²) in [6.45, 7) is 0.851. The third kappa shape index (κ3) is 3.02. The Balaban J connectivity index is 2.01. The molecule has 2 aromatic rings. The fraction of sp³-hybridized carbons (Fsp3) is 0.286. The number of H-pyrrole nitrogens is 1. The highest BCUT2D eigenvalue weighted by atomic mass is 35.5. The molecule has 0 spiro atoms. The molecule has 2 aromatic heterocycles. The van der Waals surface area contributed by atoms with E-state index < -0.39 is 17.4 Å². The Morgan fingerprint density at radius 1 is 1.52 bits per heavy atom. The van der Waals surface area contributed by atoms with Crippen molar-refractivity contribution in [1.29, 1.82) is 0 Å². The zero-order valence-electron chi connectivity index (χ0n) is 11.9. The number of nitrogens with one attached hydrogen (secondary N) is 1. The van der Waals surface area contributed by atoms with Gasteiger partial charge in [-0.3, -0.25) is 9.59 Å². The lowest BCUT2D eigenvalue weighted by Crippen LogP contribution is -2.29. The van der Waals surface area contributed by atoms with Crippen molar-refractivity contribution in [3.63, 3.8) is 0 Å². The van der Waals surface area contributed by atoms with Crippen molar-refractivity contribution in [3.05, 3.63) is 39.7 Å². The quantitative estimate of drug-likeness (QED) is 0.811. The molecule has 7 nitrogen and oxygen atoms in total. The van der Waals surface area contributed by atoms with Gasteiger partial charge in [0.05, 0.1) is 5.92 Å². The lowest BCUT2D eigenvalue weighted by atomic mass is 10.1. The van der Waals surface area contributed by atoms with E-state index in [1.165, 1.54) is 12.3 Å². The number of nitrogens with two attached hydrogens (primary N) is 1. The smallest absolute Gasteiger partial charge is 0.272 e. The Bertz CT molecular complexity index is 825. The second-order valence-electron chi connectivity index (χ2n) is 5.25. The average Bonchev–Trinajstić information content (AvgIpc) is 3.00. The summed E-state index contributed by atoms with van der Waals surface area (Å²) in [5.74, 6) is -0.958. The van der Waals surface area contributed by atoms with Crippen molar-refractivity contribution in [2.24, 2.45) is 11.7 Å². The zero-order valence-corrected chi connectivity index (χ0v) is 12.7. The molecule has 120 valence electrons. The van der Waals surface area contributed by atoms with Crippen LogP contribution < -0.4 is 16.2 Å². The van der Waals surface area contributed by atoms with E-state index >= 15 is 0 Å². The Morgan fingerprint density at radius 2 is 2.30 bits per heavy atom. The number of halogens is 2. The van der Waals surface area contributed by atoms with E-state index in [1.54, 1.807) is 4.90 Å². The summed E-state index contributed by atoms with van der Waals surface area (Å²) in [7, 11) is 0. The molecule has 0 aliphatic carbocycles. The van der Waals surface area contributed by atoms with E-state index in [2.05, 4.69) is 15.0 Å². The molecule has 1 atom stereocenters. The first-order valence-corrected chi connectivity index (χ1v) is 7.29. The SMILES string of the molecule is NC(=O)[C@@H]1CCN(c2nc(-c3ccnc(F)c3)[nH]c(=O)c2Cl)C1. The second-order valence-corrected chi connectivity index (χ2v) is 5.63. The van der Waals surface area contributed by atoms with E-state index in [0.717, 1.165) is 6.07 Å². The summed E-state index contributed by atoms with van der Waals surface area (Å²) in [5.41, 5.74) is 5.15. The number of carbonyl (C=O) groups excluding carboxylic acids is 1. The molecular weight excluding hydrogens is 325 g/mol. The minimum Gasteiger partial charge on any atom is -0.369 e. The van der Waals surface area contributed by atoms with E-state index in [-0.39, 0.29) is 22.6 Å². The third-order valence-electron chi connectivity index (χ3n) is 3.74. The van der Waals surface area contributed by atoms with E-state index in [0.29, 0.717) is 25.1 Å². The van der Waals surface area contributed by atoms with Gasteiger partial charge in [-0.1, -0.05) is 11.6 Å². The average molecular weight is 338 g/mol. The van der Waals surface area contributed by atoms with Gasteiger partial charge in [0, 0.05) is 30.9 Å². The molecule has 1 aliphatic heterocycles. The fourth-order valence-electron chi connectivity index (χ4n) is 2.53. The molecule has 0 bridgehead atoms. The van der Waals surface area contributed by atoms with Gasteiger partial charge in [-0.25, -0.2) is 9.97 Å². The molecule has 9 heteroatoms. The first kappa shape index (κ1) is 15.4. The van der Waals surface area contributed by atoms with Gasteiger partial charge < -0.3 is 15.6 Å². The Labute approximate surface area is 135 Å². The molecule has 1 fully saturated rings. The van der Waals surface area contributed by atoms with Crippen molar-refractivity contribution >= 4 is 23.3 Å². The molecule has 0 unspecified atom stereocenters. The largest absolute Gasteiger partial charge is 0.369 e. The topological polar surface area (TPSA) is 105 Å². The second kappa shape index (κ2) is 5.96. The maximum atomic E-state index is 13.3. The monoisotopic (exact) mass is 337 g/mol. The molecule has 0 aromatic carbocycles. The summed E-state index contributed by atoms with van der Waals surface area (Å²) >= 11 is 6.04. The Morgan fingerprint density at radius 3 is 2.96 bits per heavy atom. The third-order valence-corrected chi connectivity index (χ3v) is 4.08. The number of rotatable bonds is 3. The number of hydrogen-bond acceptors (Lipinski definition) is 5. The minimum atomic E-state index is -0.684. The number of nitrogens with zero attached hydrogens (tertiary/aromatic N) is 3. The molecule has 1 aliphatic rings. The summed E-state index contributed by atoms with van der Waals surface area (Å²) in [4.78, 5) is 35.3. The number of anilines is 1. The standard InChI is InChI=1S/C14H13ClFN5O2/c15-10-13(21-4-2-8(6-21)11(17)22)19-12(20-14(10)23)7-1-3-18-9(16)5-7/h1,3,5,8H,2,4,6H2,(H2,17,22)(H,19,20,23)/t8-/m1/s1. The Hall–Kier alpha value is -2.48. The molecule has 0 saturated carbocycles.